The minimum atomic E-state index is 0.0582. The molecule has 0 bridgehead atoms. The van der Waals surface area contributed by atoms with E-state index in [9.17, 15) is 0 Å². The van der Waals surface area contributed by atoms with Crippen molar-refractivity contribution in [2.45, 2.75) is 19.5 Å². The first-order valence-corrected chi connectivity index (χ1v) is 6.14. The summed E-state index contributed by atoms with van der Waals surface area (Å²) in [5.41, 5.74) is 1.90. The number of nitrogens with zero attached hydrogens (tertiary/aromatic N) is 6. The number of fused-ring (bicyclic) bond motifs is 1. The maximum Gasteiger partial charge on any atom is 0.138 e. The largest absolute Gasteiger partial charge is 0.394 e. The van der Waals surface area contributed by atoms with Gasteiger partial charge in [-0.1, -0.05) is 17.3 Å². The van der Waals surface area contributed by atoms with Crippen LogP contribution in [0.4, 0.5) is 0 Å². The Morgan fingerprint density at radius 1 is 1.11 bits per heavy atom. The van der Waals surface area contributed by atoms with Crippen molar-refractivity contribution in [3.05, 3.63) is 36.4 Å². The van der Waals surface area contributed by atoms with E-state index in [1.165, 1.54) is 6.33 Å². The monoisotopic (exact) mass is 258 g/mol. The van der Waals surface area contributed by atoms with Gasteiger partial charge in [-0.15, -0.1) is 5.10 Å². The number of hydrogen-bond acceptors (Lipinski definition) is 5. The Bertz CT molecular complexity index is 673. The quantitative estimate of drug-likeness (QED) is 0.709. The van der Waals surface area contributed by atoms with Gasteiger partial charge in [0.1, 0.15) is 17.7 Å². The zero-order chi connectivity index (χ0) is 13.1. The molecule has 0 spiro atoms. The van der Waals surface area contributed by atoms with Gasteiger partial charge in [-0.3, -0.25) is 0 Å². The van der Waals surface area contributed by atoms with Gasteiger partial charge in [0.15, 0.2) is 0 Å². The van der Waals surface area contributed by atoms with Crippen LogP contribution in [0.3, 0.4) is 0 Å². The Labute approximate surface area is 109 Å². The van der Waals surface area contributed by atoms with E-state index in [0.29, 0.717) is 19.5 Å². The van der Waals surface area contributed by atoms with Gasteiger partial charge >= 0.3 is 0 Å². The lowest BCUT2D eigenvalue weighted by molar-refractivity contribution is 0.266. The van der Waals surface area contributed by atoms with E-state index >= 15 is 0 Å². The molecule has 0 atom stereocenters. The van der Waals surface area contributed by atoms with Crippen LogP contribution in [0.2, 0.25) is 0 Å². The average Bonchev–Trinajstić information content (AvgIpc) is 3.04. The second kappa shape index (κ2) is 5.15. The number of rotatable bonds is 5. The van der Waals surface area contributed by atoms with Gasteiger partial charge in [0.05, 0.1) is 25.2 Å². The zero-order valence-corrected chi connectivity index (χ0v) is 10.3. The molecule has 1 N–H and O–H groups in total. The summed E-state index contributed by atoms with van der Waals surface area (Å²) in [6.45, 7) is 1.21. The molecule has 2 heterocycles. The van der Waals surface area contributed by atoms with Gasteiger partial charge in [0.2, 0.25) is 0 Å². The molecule has 1 aromatic carbocycles. The maximum absolute atomic E-state index is 8.94. The van der Waals surface area contributed by atoms with E-state index in [4.69, 9.17) is 5.11 Å². The number of para-hydroxylation sites is 1. The molecule has 3 rings (SSSR count). The van der Waals surface area contributed by atoms with Gasteiger partial charge in [-0.05, 0) is 12.1 Å². The van der Waals surface area contributed by atoms with Crippen molar-refractivity contribution < 1.29 is 5.11 Å². The number of aryl methyl sites for hydroxylation is 2. The summed E-state index contributed by atoms with van der Waals surface area (Å²) in [6, 6.07) is 7.84. The fourth-order valence-corrected chi connectivity index (χ4v) is 2.05. The van der Waals surface area contributed by atoms with Crippen molar-refractivity contribution in [1.29, 1.82) is 0 Å². The minimum absolute atomic E-state index is 0.0582. The fraction of sp³-hybridized carbons (Fsp3) is 0.333. The summed E-state index contributed by atoms with van der Waals surface area (Å²) in [5, 5.41) is 21.2. The minimum Gasteiger partial charge on any atom is -0.394 e. The van der Waals surface area contributed by atoms with Gasteiger partial charge in [0.25, 0.3) is 0 Å². The molecule has 19 heavy (non-hydrogen) atoms. The molecule has 0 saturated carbocycles. The predicted octanol–water partition coefficient (Wildman–Crippen LogP) is 0.258. The van der Waals surface area contributed by atoms with Crippen molar-refractivity contribution in [2.24, 2.45) is 0 Å². The standard InChI is InChI=1S/C12H14N6O/c19-8-7-18-12(13-9-14-18)5-6-17-11-4-2-1-3-10(11)15-16-17/h1-4,9,19H,5-8H2. The topological polar surface area (TPSA) is 81.6 Å². The summed E-state index contributed by atoms with van der Waals surface area (Å²) < 4.78 is 3.56. The smallest absolute Gasteiger partial charge is 0.138 e. The van der Waals surface area contributed by atoms with Crippen LogP contribution in [0.15, 0.2) is 30.6 Å². The van der Waals surface area contributed by atoms with E-state index < -0.39 is 0 Å². The first-order valence-electron chi connectivity index (χ1n) is 6.14. The van der Waals surface area contributed by atoms with Crippen molar-refractivity contribution in [3.63, 3.8) is 0 Å². The Balaban J connectivity index is 1.77. The fourth-order valence-electron chi connectivity index (χ4n) is 2.05. The summed E-state index contributed by atoms with van der Waals surface area (Å²) in [5.74, 6) is 0.841. The zero-order valence-electron chi connectivity index (χ0n) is 10.3. The third-order valence-electron chi connectivity index (χ3n) is 2.97. The number of aliphatic hydroxyl groups excluding tert-OH is 1. The van der Waals surface area contributed by atoms with Crippen molar-refractivity contribution in [3.8, 4) is 0 Å². The molecule has 7 heteroatoms. The molecule has 0 aliphatic rings. The second-order valence-electron chi connectivity index (χ2n) is 4.17. The van der Waals surface area contributed by atoms with Crippen LogP contribution in [-0.2, 0) is 19.5 Å². The lowest BCUT2D eigenvalue weighted by Gasteiger charge is -2.04. The first kappa shape index (κ1) is 11.8. The molecule has 0 saturated heterocycles. The predicted molar refractivity (Wildman–Crippen MR) is 68.3 cm³/mol. The van der Waals surface area contributed by atoms with Gasteiger partial charge in [0, 0.05) is 6.42 Å². The molecule has 0 aliphatic carbocycles. The number of aliphatic hydroxyl groups is 1. The Hall–Kier alpha value is -2.28. The Morgan fingerprint density at radius 2 is 2.00 bits per heavy atom. The first-order chi connectivity index (χ1) is 9.38. The number of hydrogen-bond donors (Lipinski definition) is 1. The van der Waals surface area contributed by atoms with Crippen molar-refractivity contribution >= 4 is 11.0 Å². The third-order valence-corrected chi connectivity index (χ3v) is 2.97. The molecule has 0 amide bonds. The lowest BCUT2D eigenvalue weighted by atomic mass is 10.3. The molecule has 98 valence electrons. The number of aromatic nitrogens is 6. The highest BCUT2D eigenvalue weighted by Crippen LogP contribution is 2.10. The van der Waals surface area contributed by atoms with Gasteiger partial charge in [-0.2, -0.15) is 5.10 Å². The van der Waals surface area contributed by atoms with Gasteiger partial charge in [-0.25, -0.2) is 14.3 Å². The van der Waals surface area contributed by atoms with E-state index in [0.717, 1.165) is 16.9 Å². The molecular weight excluding hydrogens is 244 g/mol. The SMILES string of the molecule is OCCn1ncnc1CCn1nnc2ccccc21. The van der Waals surface area contributed by atoms with Crippen molar-refractivity contribution in [1.82, 2.24) is 29.8 Å². The summed E-state index contributed by atoms with van der Waals surface area (Å²) in [6.07, 6.45) is 2.21. The van der Waals surface area contributed by atoms with Crippen LogP contribution in [-0.4, -0.2) is 41.5 Å². The number of benzene rings is 1. The molecule has 0 fully saturated rings. The second-order valence-corrected chi connectivity index (χ2v) is 4.17. The van der Waals surface area contributed by atoms with E-state index in [-0.39, 0.29) is 6.61 Å². The molecule has 2 aromatic heterocycles. The molecule has 7 nitrogen and oxygen atoms in total. The maximum atomic E-state index is 8.94. The van der Waals surface area contributed by atoms with Crippen LogP contribution in [0.25, 0.3) is 11.0 Å². The van der Waals surface area contributed by atoms with E-state index in [1.54, 1.807) is 4.68 Å². The average molecular weight is 258 g/mol. The van der Waals surface area contributed by atoms with Crippen LogP contribution < -0.4 is 0 Å². The third kappa shape index (κ3) is 2.32. The summed E-state index contributed by atoms with van der Waals surface area (Å²) >= 11 is 0. The highest BCUT2D eigenvalue weighted by atomic mass is 16.3. The Kier molecular flexibility index (Phi) is 3.20. The normalized spacial score (nSPS) is 11.2. The summed E-state index contributed by atoms with van der Waals surface area (Å²) in [4.78, 5) is 4.19. The van der Waals surface area contributed by atoms with E-state index in [1.807, 2.05) is 28.9 Å². The van der Waals surface area contributed by atoms with Crippen LogP contribution >= 0.6 is 0 Å². The molecule has 0 aliphatic heterocycles. The Morgan fingerprint density at radius 3 is 2.89 bits per heavy atom. The lowest BCUT2D eigenvalue weighted by Crippen LogP contribution is -2.12. The van der Waals surface area contributed by atoms with Crippen LogP contribution in [0, 0.1) is 0 Å². The summed E-state index contributed by atoms with van der Waals surface area (Å²) in [7, 11) is 0. The molecule has 0 unspecified atom stereocenters. The van der Waals surface area contributed by atoms with Crippen LogP contribution in [0.1, 0.15) is 5.82 Å². The molecular formula is C12H14N6O. The highest BCUT2D eigenvalue weighted by Gasteiger charge is 2.07. The molecule has 3 aromatic rings. The van der Waals surface area contributed by atoms with Gasteiger partial charge < -0.3 is 5.11 Å². The molecule has 0 radical (unpaired) electrons. The van der Waals surface area contributed by atoms with E-state index in [2.05, 4.69) is 20.4 Å². The highest BCUT2D eigenvalue weighted by molar-refractivity contribution is 5.73. The van der Waals surface area contributed by atoms with Crippen molar-refractivity contribution in [2.75, 3.05) is 6.61 Å². The van der Waals surface area contributed by atoms with Crippen LogP contribution in [0.5, 0.6) is 0 Å².